The Morgan fingerprint density at radius 3 is 2.47 bits per heavy atom. The molecule has 2 rings (SSSR count). The Labute approximate surface area is 115 Å². The van der Waals surface area contributed by atoms with E-state index in [0.717, 1.165) is 37.2 Å². The molecule has 1 aromatic carbocycles. The van der Waals surface area contributed by atoms with Gasteiger partial charge < -0.3 is 9.64 Å². The highest BCUT2D eigenvalue weighted by Gasteiger charge is 2.24. The van der Waals surface area contributed by atoms with Crippen LogP contribution in [0.5, 0.6) is 5.75 Å². The molecule has 1 aliphatic heterocycles. The standard InChI is InChI=1S/C16H23NO2/c1-11-9-12(2)13(3)15(10-11)19-14(4)16(18)17-7-5-6-8-17/h9-10,14H,5-8H2,1-4H3. The SMILES string of the molecule is Cc1cc(C)c(C)c(OC(C)C(=O)N2CCCC2)c1. The van der Waals surface area contributed by atoms with E-state index in [9.17, 15) is 4.79 Å². The van der Waals surface area contributed by atoms with Crippen molar-refractivity contribution >= 4 is 5.91 Å². The van der Waals surface area contributed by atoms with Crippen molar-refractivity contribution in [2.45, 2.75) is 46.6 Å². The molecule has 0 aliphatic carbocycles. The number of nitrogens with zero attached hydrogens (tertiary/aromatic N) is 1. The number of benzene rings is 1. The molecular formula is C16H23NO2. The van der Waals surface area contributed by atoms with E-state index in [1.165, 1.54) is 11.1 Å². The van der Waals surface area contributed by atoms with Crippen molar-refractivity contribution in [1.82, 2.24) is 4.90 Å². The van der Waals surface area contributed by atoms with Crippen LogP contribution in [0.25, 0.3) is 0 Å². The van der Waals surface area contributed by atoms with Crippen molar-refractivity contribution in [3.05, 3.63) is 28.8 Å². The number of aryl methyl sites for hydroxylation is 2. The van der Waals surface area contributed by atoms with Gasteiger partial charge in [0.25, 0.3) is 5.91 Å². The van der Waals surface area contributed by atoms with Gasteiger partial charge in [-0.1, -0.05) is 6.07 Å². The second-order valence-corrected chi connectivity index (χ2v) is 5.50. The largest absolute Gasteiger partial charge is 0.481 e. The Morgan fingerprint density at radius 1 is 1.21 bits per heavy atom. The first-order valence-corrected chi connectivity index (χ1v) is 7.02. The van der Waals surface area contributed by atoms with E-state index in [-0.39, 0.29) is 5.91 Å². The van der Waals surface area contributed by atoms with Crippen LogP contribution in [0, 0.1) is 20.8 Å². The van der Waals surface area contributed by atoms with Gasteiger partial charge >= 0.3 is 0 Å². The first-order valence-electron chi connectivity index (χ1n) is 7.02. The quantitative estimate of drug-likeness (QED) is 0.837. The molecule has 0 spiro atoms. The second kappa shape index (κ2) is 5.64. The number of hydrogen-bond donors (Lipinski definition) is 0. The van der Waals surface area contributed by atoms with Crippen LogP contribution in [0.4, 0.5) is 0 Å². The lowest BCUT2D eigenvalue weighted by atomic mass is 10.1. The molecule has 0 aromatic heterocycles. The topological polar surface area (TPSA) is 29.5 Å². The Morgan fingerprint density at radius 2 is 1.84 bits per heavy atom. The van der Waals surface area contributed by atoms with Gasteiger partial charge in [-0.2, -0.15) is 0 Å². The van der Waals surface area contributed by atoms with E-state index in [0.29, 0.717) is 0 Å². The van der Waals surface area contributed by atoms with Gasteiger partial charge in [0.15, 0.2) is 6.10 Å². The van der Waals surface area contributed by atoms with Gasteiger partial charge in [0.2, 0.25) is 0 Å². The number of amides is 1. The van der Waals surface area contributed by atoms with Crippen LogP contribution in [0.2, 0.25) is 0 Å². The van der Waals surface area contributed by atoms with Gasteiger partial charge in [0.1, 0.15) is 5.75 Å². The monoisotopic (exact) mass is 261 g/mol. The molecule has 1 fully saturated rings. The third-order valence-corrected chi connectivity index (χ3v) is 3.83. The van der Waals surface area contributed by atoms with Gasteiger partial charge in [-0.15, -0.1) is 0 Å². The summed E-state index contributed by atoms with van der Waals surface area (Å²) < 4.78 is 5.89. The summed E-state index contributed by atoms with van der Waals surface area (Å²) in [5, 5.41) is 0. The van der Waals surface area contributed by atoms with Crippen molar-refractivity contribution in [2.24, 2.45) is 0 Å². The summed E-state index contributed by atoms with van der Waals surface area (Å²) in [6, 6.07) is 4.14. The lowest BCUT2D eigenvalue weighted by Gasteiger charge is -2.22. The summed E-state index contributed by atoms with van der Waals surface area (Å²) in [4.78, 5) is 14.1. The first kappa shape index (κ1) is 13.9. The normalized spacial score (nSPS) is 16.5. The van der Waals surface area contributed by atoms with Gasteiger partial charge in [-0.3, -0.25) is 4.79 Å². The highest BCUT2D eigenvalue weighted by atomic mass is 16.5. The van der Waals surface area contributed by atoms with Gasteiger partial charge in [0.05, 0.1) is 0 Å². The van der Waals surface area contributed by atoms with E-state index >= 15 is 0 Å². The molecule has 1 aromatic rings. The van der Waals surface area contributed by atoms with Crippen LogP contribution in [0.1, 0.15) is 36.5 Å². The lowest BCUT2D eigenvalue weighted by molar-refractivity contribution is -0.136. The average Bonchev–Trinajstić information content (AvgIpc) is 2.88. The predicted molar refractivity (Wildman–Crippen MR) is 76.6 cm³/mol. The molecule has 104 valence electrons. The summed E-state index contributed by atoms with van der Waals surface area (Å²) in [5.41, 5.74) is 3.49. The van der Waals surface area contributed by atoms with E-state index < -0.39 is 6.10 Å². The number of likely N-dealkylation sites (tertiary alicyclic amines) is 1. The average molecular weight is 261 g/mol. The van der Waals surface area contributed by atoms with Crippen molar-refractivity contribution < 1.29 is 9.53 Å². The zero-order valence-electron chi connectivity index (χ0n) is 12.3. The van der Waals surface area contributed by atoms with Crippen LogP contribution < -0.4 is 4.74 Å². The zero-order valence-corrected chi connectivity index (χ0v) is 12.3. The van der Waals surface area contributed by atoms with E-state index in [4.69, 9.17) is 4.74 Å². The summed E-state index contributed by atoms with van der Waals surface area (Å²) in [6.07, 6.45) is 1.82. The fourth-order valence-electron chi connectivity index (χ4n) is 2.56. The zero-order chi connectivity index (χ0) is 14.0. The third kappa shape index (κ3) is 3.09. The smallest absolute Gasteiger partial charge is 0.263 e. The highest BCUT2D eigenvalue weighted by Crippen LogP contribution is 2.25. The van der Waals surface area contributed by atoms with E-state index in [1.54, 1.807) is 0 Å². The number of hydrogen-bond acceptors (Lipinski definition) is 2. The molecule has 1 saturated heterocycles. The molecule has 0 radical (unpaired) electrons. The molecule has 1 heterocycles. The number of carbonyl (C=O) groups excluding carboxylic acids is 1. The fourth-order valence-corrected chi connectivity index (χ4v) is 2.56. The lowest BCUT2D eigenvalue weighted by Crippen LogP contribution is -2.38. The molecule has 1 atom stereocenters. The van der Waals surface area contributed by atoms with Crippen molar-refractivity contribution in [3.8, 4) is 5.75 Å². The summed E-state index contributed by atoms with van der Waals surface area (Å²) in [6.45, 7) is 9.75. The maximum atomic E-state index is 12.2. The summed E-state index contributed by atoms with van der Waals surface area (Å²) in [7, 11) is 0. The summed E-state index contributed by atoms with van der Waals surface area (Å²) in [5.74, 6) is 0.939. The first-order chi connectivity index (χ1) is 8.99. The summed E-state index contributed by atoms with van der Waals surface area (Å²) >= 11 is 0. The van der Waals surface area contributed by atoms with Crippen LogP contribution in [0.3, 0.4) is 0 Å². The Bertz CT molecular complexity index is 476. The molecule has 1 aliphatic rings. The molecule has 0 saturated carbocycles. The van der Waals surface area contributed by atoms with Crippen LogP contribution in [0.15, 0.2) is 12.1 Å². The van der Waals surface area contributed by atoms with Crippen LogP contribution in [-0.2, 0) is 4.79 Å². The molecule has 0 bridgehead atoms. The van der Waals surface area contributed by atoms with Crippen molar-refractivity contribution in [1.29, 1.82) is 0 Å². The number of ether oxygens (including phenoxy) is 1. The minimum absolute atomic E-state index is 0.107. The predicted octanol–water partition coefficient (Wildman–Crippen LogP) is 3.00. The Balaban J connectivity index is 2.10. The van der Waals surface area contributed by atoms with Crippen molar-refractivity contribution in [2.75, 3.05) is 13.1 Å². The second-order valence-electron chi connectivity index (χ2n) is 5.50. The highest BCUT2D eigenvalue weighted by molar-refractivity contribution is 5.81. The van der Waals surface area contributed by atoms with Gasteiger partial charge in [0, 0.05) is 13.1 Å². The number of rotatable bonds is 3. The van der Waals surface area contributed by atoms with Gasteiger partial charge in [-0.05, 0) is 63.3 Å². The van der Waals surface area contributed by atoms with Crippen LogP contribution >= 0.6 is 0 Å². The Kier molecular flexibility index (Phi) is 4.13. The Hall–Kier alpha value is -1.51. The third-order valence-electron chi connectivity index (χ3n) is 3.83. The molecule has 3 heteroatoms. The van der Waals surface area contributed by atoms with E-state index in [1.807, 2.05) is 31.7 Å². The molecule has 1 amide bonds. The molecule has 1 unspecified atom stereocenters. The number of carbonyl (C=O) groups is 1. The minimum atomic E-state index is -0.405. The molecule has 19 heavy (non-hydrogen) atoms. The maximum absolute atomic E-state index is 12.2. The van der Waals surface area contributed by atoms with Crippen LogP contribution in [-0.4, -0.2) is 30.0 Å². The maximum Gasteiger partial charge on any atom is 0.263 e. The van der Waals surface area contributed by atoms with Crippen molar-refractivity contribution in [3.63, 3.8) is 0 Å². The molecule has 3 nitrogen and oxygen atoms in total. The minimum Gasteiger partial charge on any atom is -0.481 e. The molecule has 0 N–H and O–H groups in total. The van der Waals surface area contributed by atoms with E-state index in [2.05, 4.69) is 13.0 Å². The fraction of sp³-hybridized carbons (Fsp3) is 0.562. The van der Waals surface area contributed by atoms with Gasteiger partial charge in [-0.25, -0.2) is 0 Å². The molecular weight excluding hydrogens is 238 g/mol.